The van der Waals surface area contributed by atoms with Crippen LogP contribution in [0.1, 0.15) is 50.8 Å². The van der Waals surface area contributed by atoms with Crippen molar-refractivity contribution in [2.24, 2.45) is 0 Å². The summed E-state index contributed by atoms with van der Waals surface area (Å²) >= 11 is 0. The van der Waals surface area contributed by atoms with Gasteiger partial charge in [0.15, 0.2) is 0 Å². The molecule has 4 amide bonds. The fourth-order valence-electron chi connectivity index (χ4n) is 4.16. The number of nitrogens with zero attached hydrogens (tertiary/aromatic N) is 3. The van der Waals surface area contributed by atoms with Crippen LogP contribution < -0.4 is 4.90 Å². The Kier molecular flexibility index (Phi) is 5.15. The Balaban J connectivity index is 2.13. The first-order chi connectivity index (χ1) is 13.5. The van der Waals surface area contributed by atoms with Gasteiger partial charge in [-0.3, -0.25) is 19.4 Å². The van der Waals surface area contributed by atoms with Gasteiger partial charge < -0.3 is 4.90 Å². The van der Waals surface area contributed by atoms with E-state index in [-0.39, 0.29) is 11.1 Å². The van der Waals surface area contributed by atoms with Crippen molar-refractivity contribution < 1.29 is 14.4 Å². The molecule has 1 aromatic carbocycles. The molecule has 2 aliphatic rings. The first-order valence-electron chi connectivity index (χ1n) is 9.93. The normalized spacial score (nSPS) is 18.9. The van der Waals surface area contributed by atoms with Gasteiger partial charge in [0.05, 0.1) is 5.54 Å². The van der Waals surface area contributed by atoms with E-state index in [0.717, 1.165) is 39.5 Å². The first-order valence-corrected chi connectivity index (χ1v) is 9.93. The molecule has 1 aromatic rings. The molecule has 2 heterocycles. The number of urea groups is 1. The molecule has 6 heteroatoms. The van der Waals surface area contributed by atoms with Crippen LogP contribution in [0, 0.1) is 6.92 Å². The summed E-state index contributed by atoms with van der Waals surface area (Å²) in [6.07, 6.45) is 4.90. The van der Waals surface area contributed by atoms with Gasteiger partial charge in [-0.2, -0.15) is 0 Å². The fraction of sp³-hybridized carbons (Fsp3) is 0.435. The minimum atomic E-state index is -0.615. The molecule has 0 spiro atoms. The second-order valence-corrected chi connectivity index (χ2v) is 8.43. The predicted molar refractivity (Wildman–Crippen MR) is 115 cm³/mol. The van der Waals surface area contributed by atoms with E-state index >= 15 is 0 Å². The zero-order chi connectivity index (χ0) is 21.7. The van der Waals surface area contributed by atoms with Crippen LogP contribution in [0.25, 0.3) is 11.6 Å². The molecule has 1 fully saturated rings. The van der Waals surface area contributed by atoms with Gasteiger partial charge in [0.25, 0.3) is 11.8 Å². The molecule has 0 radical (unpaired) electrons. The summed E-state index contributed by atoms with van der Waals surface area (Å²) in [5.41, 5.74) is 5.14. The first kappa shape index (κ1) is 20.8. The number of imide groups is 2. The van der Waals surface area contributed by atoms with Crippen molar-refractivity contribution in [3.63, 3.8) is 0 Å². The number of hydrogen-bond acceptors (Lipinski definition) is 4. The highest BCUT2D eigenvalue weighted by Crippen LogP contribution is 2.40. The molecule has 0 atom stereocenters. The van der Waals surface area contributed by atoms with Crippen molar-refractivity contribution in [2.45, 2.75) is 46.6 Å². The minimum Gasteiger partial charge on any atom is -0.362 e. The van der Waals surface area contributed by atoms with Crippen molar-refractivity contribution in [2.75, 3.05) is 25.5 Å². The average molecular weight is 396 g/mol. The largest absolute Gasteiger partial charge is 0.362 e. The number of likely N-dealkylation sites (N-methyl/N-ethyl adjacent to an activating group) is 2. The van der Waals surface area contributed by atoms with Gasteiger partial charge in [-0.05, 0) is 69.0 Å². The zero-order valence-electron chi connectivity index (χ0n) is 18.3. The second-order valence-electron chi connectivity index (χ2n) is 8.43. The number of anilines is 1. The Morgan fingerprint density at radius 1 is 1.00 bits per heavy atom. The maximum atomic E-state index is 12.6. The lowest BCUT2D eigenvalue weighted by Crippen LogP contribution is -2.52. The van der Waals surface area contributed by atoms with Crippen LogP contribution >= 0.6 is 0 Å². The number of allylic oxidation sites excluding steroid dienone is 1. The maximum Gasteiger partial charge on any atom is 0.333 e. The molecule has 0 unspecified atom stereocenters. The molecule has 3 rings (SSSR count). The summed E-state index contributed by atoms with van der Waals surface area (Å²) in [5.74, 6) is -1.15. The minimum absolute atomic E-state index is 0.000774. The Morgan fingerprint density at radius 3 is 2.14 bits per heavy atom. The number of rotatable bonds is 3. The van der Waals surface area contributed by atoms with Gasteiger partial charge in [0.1, 0.15) is 5.57 Å². The third kappa shape index (κ3) is 3.37. The monoisotopic (exact) mass is 395 g/mol. The van der Waals surface area contributed by atoms with Crippen LogP contribution in [-0.2, 0) is 9.59 Å². The van der Waals surface area contributed by atoms with E-state index < -0.39 is 17.8 Å². The molecule has 0 aromatic heterocycles. The summed E-state index contributed by atoms with van der Waals surface area (Å²) in [4.78, 5) is 41.4. The van der Waals surface area contributed by atoms with E-state index in [4.69, 9.17) is 0 Å². The summed E-state index contributed by atoms with van der Waals surface area (Å²) in [6, 6.07) is 3.56. The van der Waals surface area contributed by atoms with Crippen LogP contribution in [0.4, 0.5) is 10.5 Å². The zero-order valence-corrected chi connectivity index (χ0v) is 18.3. The van der Waals surface area contributed by atoms with Gasteiger partial charge >= 0.3 is 6.03 Å². The standard InChI is InChI=1S/C23H29N3O3/c1-8-9-26-19-10-14(2)16(11-17(19)15(3)13-23(26,4)5)12-18-20(27)24(6)22(29)25(7)21(18)28/h10-13H,8-9H2,1-7H3. The predicted octanol–water partition coefficient (Wildman–Crippen LogP) is 3.84. The van der Waals surface area contributed by atoms with E-state index in [1.807, 2.05) is 13.0 Å². The van der Waals surface area contributed by atoms with Gasteiger partial charge in [-0.15, -0.1) is 0 Å². The number of hydrogen-bond donors (Lipinski definition) is 0. The van der Waals surface area contributed by atoms with Crippen LogP contribution in [0.2, 0.25) is 0 Å². The molecule has 0 saturated carbocycles. The van der Waals surface area contributed by atoms with Crippen molar-refractivity contribution >= 4 is 35.2 Å². The number of carbonyl (C=O) groups is 3. The van der Waals surface area contributed by atoms with E-state index in [1.165, 1.54) is 25.4 Å². The van der Waals surface area contributed by atoms with Crippen molar-refractivity contribution in [3.8, 4) is 0 Å². The molecule has 0 bridgehead atoms. The molecule has 0 N–H and O–H groups in total. The summed E-state index contributed by atoms with van der Waals surface area (Å²) in [6.45, 7) is 11.6. The van der Waals surface area contributed by atoms with Gasteiger partial charge in [-0.1, -0.05) is 13.0 Å². The maximum absolute atomic E-state index is 12.6. The Morgan fingerprint density at radius 2 is 1.59 bits per heavy atom. The number of fused-ring (bicyclic) bond motifs is 1. The van der Waals surface area contributed by atoms with E-state index in [2.05, 4.69) is 44.7 Å². The Labute approximate surface area is 172 Å². The van der Waals surface area contributed by atoms with Gasteiger partial charge in [0, 0.05) is 31.9 Å². The van der Waals surface area contributed by atoms with Crippen molar-refractivity contribution in [1.29, 1.82) is 0 Å². The third-order valence-corrected chi connectivity index (χ3v) is 5.76. The molecular weight excluding hydrogens is 366 g/mol. The quantitative estimate of drug-likeness (QED) is 0.576. The van der Waals surface area contributed by atoms with Gasteiger partial charge in [0.2, 0.25) is 0 Å². The Hall–Kier alpha value is -2.89. The van der Waals surface area contributed by atoms with Crippen LogP contribution in [0.15, 0.2) is 23.8 Å². The molecule has 29 heavy (non-hydrogen) atoms. The average Bonchev–Trinajstić information content (AvgIpc) is 2.65. The van der Waals surface area contributed by atoms with E-state index in [9.17, 15) is 14.4 Å². The lowest BCUT2D eigenvalue weighted by Gasteiger charge is -2.43. The number of aryl methyl sites for hydroxylation is 1. The summed E-state index contributed by atoms with van der Waals surface area (Å²) in [5, 5.41) is 0. The third-order valence-electron chi connectivity index (χ3n) is 5.76. The molecular formula is C23H29N3O3. The molecule has 1 saturated heterocycles. The lowest BCUT2D eigenvalue weighted by molar-refractivity contribution is -0.134. The Bertz CT molecular complexity index is 946. The SMILES string of the molecule is CCCN1c2cc(C)c(C=C3C(=O)N(C)C(=O)N(C)C3=O)cc2C(C)=CC1(C)C. The van der Waals surface area contributed by atoms with Crippen LogP contribution in [0.5, 0.6) is 0 Å². The topological polar surface area (TPSA) is 60.9 Å². The number of carbonyl (C=O) groups excluding carboxylic acids is 3. The number of amides is 4. The fourth-order valence-corrected chi connectivity index (χ4v) is 4.16. The van der Waals surface area contributed by atoms with Crippen molar-refractivity contribution in [1.82, 2.24) is 9.80 Å². The lowest BCUT2D eigenvalue weighted by atomic mass is 9.86. The van der Waals surface area contributed by atoms with Crippen LogP contribution in [-0.4, -0.2) is 53.8 Å². The highest BCUT2D eigenvalue weighted by Gasteiger charge is 2.38. The highest BCUT2D eigenvalue weighted by atomic mass is 16.2. The molecule has 154 valence electrons. The van der Waals surface area contributed by atoms with E-state index in [0.29, 0.717) is 0 Å². The van der Waals surface area contributed by atoms with E-state index in [1.54, 1.807) is 6.08 Å². The summed E-state index contributed by atoms with van der Waals surface area (Å²) in [7, 11) is 2.78. The second kappa shape index (κ2) is 7.17. The molecule has 2 aliphatic heterocycles. The summed E-state index contributed by atoms with van der Waals surface area (Å²) < 4.78 is 0. The van der Waals surface area contributed by atoms with Gasteiger partial charge in [-0.25, -0.2) is 4.79 Å². The van der Waals surface area contributed by atoms with Crippen molar-refractivity contribution in [3.05, 3.63) is 40.5 Å². The molecule has 0 aliphatic carbocycles. The smallest absolute Gasteiger partial charge is 0.333 e. The number of barbiturate groups is 1. The number of benzene rings is 1. The van der Waals surface area contributed by atoms with Crippen LogP contribution in [0.3, 0.4) is 0 Å². The molecule has 6 nitrogen and oxygen atoms in total. The highest BCUT2D eigenvalue weighted by molar-refractivity contribution is 6.30.